The molecule has 1 saturated carbocycles. The average molecular weight is 249 g/mol. The van der Waals surface area contributed by atoms with Crippen LogP contribution in [0, 0.1) is 25.7 Å². The Kier molecular flexibility index (Phi) is 3.30. The van der Waals surface area contributed by atoms with E-state index in [9.17, 15) is 4.79 Å². The predicted octanol–water partition coefficient (Wildman–Crippen LogP) is 2.03. The number of carboxylic acid groups (broad SMARTS) is 1. The number of nitrogens with two attached hydrogens (primary N) is 1. The number of aryl methyl sites for hydroxylation is 2. The van der Waals surface area contributed by atoms with Crippen LogP contribution in [-0.4, -0.2) is 18.2 Å². The lowest BCUT2D eigenvalue weighted by atomic mass is 9.95. The second-order valence-corrected chi connectivity index (χ2v) is 5.05. The highest BCUT2D eigenvalue weighted by atomic mass is 16.5. The van der Waals surface area contributed by atoms with Crippen LogP contribution in [-0.2, 0) is 4.79 Å². The predicted molar refractivity (Wildman–Crippen MR) is 68.6 cm³/mol. The molecule has 0 radical (unpaired) electrons. The Morgan fingerprint density at radius 1 is 1.44 bits per heavy atom. The number of hydrogen-bond acceptors (Lipinski definition) is 3. The molecule has 2 rings (SSSR count). The van der Waals surface area contributed by atoms with Gasteiger partial charge in [0.05, 0.1) is 13.0 Å². The van der Waals surface area contributed by atoms with Crippen LogP contribution in [0.2, 0.25) is 0 Å². The molecule has 0 bridgehead atoms. The first kappa shape index (κ1) is 12.9. The van der Waals surface area contributed by atoms with E-state index in [1.54, 1.807) is 7.11 Å². The maximum absolute atomic E-state index is 10.9. The van der Waals surface area contributed by atoms with E-state index in [0.29, 0.717) is 6.42 Å². The van der Waals surface area contributed by atoms with Crippen molar-refractivity contribution in [2.75, 3.05) is 7.11 Å². The van der Waals surface area contributed by atoms with E-state index in [4.69, 9.17) is 15.6 Å². The number of ether oxygens (including phenoxy) is 1. The van der Waals surface area contributed by atoms with Crippen LogP contribution in [0.1, 0.15) is 29.2 Å². The van der Waals surface area contributed by atoms with E-state index in [-0.39, 0.29) is 17.9 Å². The average Bonchev–Trinajstić information content (AvgIpc) is 3.10. The molecule has 3 N–H and O–H groups in total. The van der Waals surface area contributed by atoms with E-state index in [1.165, 1.54) is 0 Å². The molecule has 1 aliphatic rings. The minimum atomic E-state index is -0.738. The molecule has 1 fully saturated rings. The van der Waals surface area contributed by atoms with Crippen molar-refractivity contribution < 1.29 is 14.6 Å². The molecular weight excluding hydrogens is 230 g/mol. The third kappa shape index (κ3) is 2.20. The minimum absolute atomic E-state index is 0.0639. The Balaban J connectivity index is 2.24. The molecule has 4 nitrogen and oxygen atoms in total. The molecule has 0 aliphatic heterocycles. The lowest BCUT2D eigenvalue weighted by Gasteiger charge is -2.17. The molecule has 4 heteroatoms. The Bertz CT molecular complexity index is 484. The summed E-state index contributed by atoms with van der Waals surface area (Å²) < 4.78 is 5.26. The highest BCUT2D eigenvalue weighted by molar-refractivity contribution is 5.73. The van der Waals surface area contributed by atoms with Crippen LogP contribution in [0.25, 0.3) is 0 Å². The molecule has 0 heterocycles. The second kappa shape index (κ2) is 4.61. The Morgan fingerprint density at radius 2 is 2.11 bits per heavy atom. The monoisotopic (exact) mass is 249 g/mol. The third-order valence-corrected chi connectivity index (χ3v) is 3.76. The number of rotatable bonds is 4. The lowest BCUT2D eigenvalue weighted by Crippen LogP contribution is -2.17. The number of aliphatic carboxylic acids is 1. The summed E-state index contributed by atoms with van der Waals surface area (Å²) in [6.45, 7) is 3.95. The SMILES string of the molecule is COc1cc(C)c(C(N)C2CC2C(=O)O)cc1C. The number of carboxylic acids is 1. The van der Waals surface area contributed by atoms with Gasteiger partial charge in [0, 0.05) is 6.04 Å². The van der Waals surface area contributed by atoms with Gasteiger partial charge in [-0.2, -0.15) is 0 Å². The van der Waals surface area contributed by atoms with Gasteiger partial charge in [-0.3, -0.25) is 4.79 Å². The van der Waals surface area contributed by atoms with Gasteiger partial charge in [-0.25, -0.2) is 0 Å². The van der Waals surface area contributed by atoms with Gasteiger partial charge in [-0.1, -0.05) is 6.07 Å². The zero-order chi connectivity index (χ0) is 13.4. The van der Waals surface area contributed by atoms with Crippen LogP contribution in [0.5, 0.6) is 5.75 Å². The van der Waals surface area contributed by atoms with Crippen molar-refractivity contribution >= 4 is 5.97 Å². The fourth-order valence-electron chi connectivity index (χ4n) is 2.52. The first-order chi connectivity index (χ1) is 8.45. The summed E-state index contributed by atoms with van der Waals surface area (Å²) in [5, 5.41) is 8.95. The standard InChI is InChI=1S/C14H19NO3/c1-7-5-12(18-3)8(2)4-9(7)13(15)10-6-11(10)14(16)17/h4-5,10-11,13H,6,15H2,1-3H3,(H,16,17). The lowest BCUT2D eigenvalue weighted by molar-refractivity contribution is -0.138. The van der Waals surface area contributed by atoms with Gasteiger partial charge >= 0.3 is 5.97 Å². The van der Waals surface area contributed by atoms with E-state index >= 15 is 0 Å². The summed E-state index contributed by atoms with van der Waals surface area (Å²) in [7, 11) is 1.64. The molecule has 0 spiro atoms. The smallest absolute Gasteiger partial charge is 0.306 e. The molecule has 1 aliphatic carbocycles. The molecule has 0 amide bonds. The van der Waals surface area contributed by atoms with Crippen LogP contribution in [0.15, 0.2) is 12.1 Å². The second-order valence-electron chi connectivity index (χ2n) is 5.05. The van der Waals surface area contributed by atoms with Crippen LogP contribution in [0.3, 0.4) is 0 Å². The van der Waals surface area contributed by atoms with Crippen molar-refractivity contribution in [3.8, 4) is 5.75 Å². The van der Waals surface area contributed by atoms with E-state index < -0.39 is 5.97 Å². The van der Waals surface area contributed by atoms with Crippen molar-refractivity contribution in [2.45, 2.75) is 26.3 Å². The third-order valence-electron chi connectivity index (χ3n) is 3.76. The number of benzene rings is 1. The highest BCUT2D eigenvalue weighted by Gasteiger charge is 2.47. The van der Waals surface area contributed by atoms with Gasteiger partial charge in [0.1, 0.15) is 5.75 Å². The molecule has 1 aromatic rings. The van der Waals surface area contributed by atoms with Crippen LogP contribution >= 0.6 is 0 Å². The number of methoxy groups -OCH3 is 1. The highest BCUT2D eigenvalue weighted by Crippen LogP contribution is 2.47. The summed E-state index contributed by atoms with van der Waals surface area (Å²) in [5.74, 6) is -0.108. The van der Waals surface area contributed by atoms with Crippen LogP contribution < -0.4 is 10.5 Å². The minimum Gasteiger partial charge on any atom is -0.496 e. The van der Waals surface area contributed by atoms with Crippen molar-refractivity contribution in [1.82, 2.24) is 0 Å². The van der Waals surface area contributed by atoms with Gasteiger partial charge in [0.15, 0.2) is 0 Å². The molecular formula is C14H19NO3. The fourth-order valence-corrected chi connectivity index (χ4v) is 2.52. The van der Waals surface area contributed by atoms with Crippen molar-refractivity contribution in [3.05, 3.63) is 28.8 Å². The summed E-state index contributed by atoms with van der Waals surface area (Å²) in [6.07, 6.45) is 0.682. The molecule has 18 heavy (non-hydrogen) atoms. The summed E-state index contributed by atoms with van der Waals surface area (Å²) in [6, 6.07) is 3.77. The molecule has 98 valence electrons. The molecule has 1 aromatic carbocycles. The first-order valence-corrected chi connectivity index (χ1v) is 6.09. The van der Waals surface area contributed by atoms with Gasteiger partial charge in [0.25, 0.3) is 0 Å². The van der Waals surface area contributed by atoms with Gasteiger partial charge < -0.3 is 15.6 Å². The van der Waals surface area contributed by atoms with Gasteiger partial charge in [-0.05, 0) is 48.9 Å². The van der Waals surface area contributed by atoms with Crippen molar-refractivity contribution in [2.24, 2.45) is 17.6 Å². The molecule has 0 aromatic heterocycles. The Labute approximate surface area is 107 Å². The summed E-state index contributed by atoms with van der Waals surface area (Å²) in [5.41, 5.74) is 9.30. The number of hydrogen-bond donors (Lipinski definition) is 2. The van der Waals surface area contributed by atoms with E-state index in [0.717, 1.165) is 22.4 Å². The largest absolute Gasteiger partial charge is 0.496 e. The van der Waals surface area contributed by atoms with Crippen molar-refractivity contribution in [3.63, 3.8) is 0 Å². The van der Waals surface area contributed by atoms with Crippen LogP contribution in [0.4, 0.5) is 0 Å². The topological polar surface area (TPSA) is 72.5 Å². The maximum Gasteiger partial charge on any atom is 0.306 e. The quantitative estimate of drug-likeness (QED) is 0.856. The Morgan fingerprint density at radius 3 is 2.61 bits per heavy atom. The van der Waals surface area contributed by atoms with E-state index in [1.807, 2.05) is 26.0 Å². The maximum atomic E-state index is 10.9. The normalized spacial score (nSPS) is 23.6. The van der Waals surface area contributed by atoms with Crippen molar-refractivity contribution in [1.29, 1.82) is 0 Å². The van der Waals surface area contributed by atoms with Gasteiger partial charge in [0.2, 0.25) is 0 Å². The summed E-state index contributed by atoms with van der Waals surface area (Å²) >= 11 is 0. The summed E-state index contributed by atoms with van der Waals surface area (Å²) in [4.78, 5) is 10.9. The number of carbonyl (C=O) groups is 1. The Hall–Kier alpha value is -1.55. The zero-order valence-electron chi connectivity index (χ0n) is 10.9. The molecule has 3 atom stereocenters. The zero-order valence-corrected chi connectivity index (χ0v) is 10.9. The van der Waals surface area contributed by atoms with E-state index in [2.05, 4.69) is 0 Å². The fraction of sp³-hybridized carbons (Fsp3) is 0.500. The van der Waals surface area contributed by atoms with Gasteiger partial charge in [-0.15, -0.1) is 0 Å². The first-order valence-electron chi connectivity index (χ1n) is 6.09. The molecule has 3 unspecified atom stereocenters. The molecule has 0 saturated heterocycles.